The largest absolute Gasteiger partial charge is 0.403 e. The van der Waals surface area contributed by atoms with Crippen LogP contribution in [0.15, 0.2) is 79.4 Å². The van der Waals surface area contributed by atoms with Crippen LogP contribution in [0, 0.1) is 11.6 Å². The minimum atomic E-state index is -3.03. The Labute approximate surface area is 252 Å². The standard InChI is InChI=1S/C33H38F2N4O3Si/c1-23-17-38(18-24(2)42-23)32-25(16-28(30(34)31(32)35)29(40)19-39-22-36-21-37-39)20-41-43(33(3,4)5,26-12-8-6-9-13-26)27-14-10-7-11-15-27/h6-16,21-24H,17-20H2,1-5H3/t23-,24+. The number of morpholine rings is 1. The van der Waals surface area contributed by atoms with Crippen LogP contribution in [0.25, 0.3) is 0 Å². The predicted molar refractivity (Wildman–Crippen MR) is 165 cm³/mol. The van der Waals surface area contributed by atoms with E-state index in [4.69, 9.17) is 9.16 Å². The Kier molecular flexibility index (Phi) is 8.91. The van der Waals surface area contributed by atoms with Crippen LogP contribution in [0.1, 0.15) is 50.5 Å². The van der Waals surface area contributed by atoms with Crippen LogP contribution in [-0.2, 0) is 22.3 Å². The monoisotopic (exact) mass is 604 g/mol. The fraction of sp³-hybridized carbons (Fsp3) is 0.364. The van der Waals surface area contributed by atoms with E-state index < -0.39 is 25.7 Å². The number of rotatable bonds is 9. The number of benzene rings is 3. The minimum absolute atomic E-state index is 0.0243. The van der Waals surface area contributed by atoms with Crippen LogP contribution < -0.4 is 15.3 Å². The summed E-state index contributed by atoms with van der Waals surface area (Å²) in [7, 11) is -3.03. The molecule has 7 nitrogen and oxygen atoms in total. The lowest BCUT2D eigenvalue weighted by Gasteiger charge is -2.43. The van der Waals surface area contributed by atoms with Crippen molar-refractivity contribution in [1.29, 1.82) is 0 Å². The number of Topliss-reactive ketones (excluding diaryl/α,β-unsaturated/α-hetero) is 1. The number of hydrogen-bond acceptors (Lipinski definition) is 6. The highest BCUT2D eigenvalue weighted by Crippen LogP contribution is 2.39. The lowest BCUT2D eigenvalue weighted by atomic mass is 10.0. The van der Waals surface area contributed by atoms with Crippen LogP contribution in [0.3, 0.4) is 0 Å². The summed E-state index contributed by atoms with van der Waals surface area (Å²) in [5.74, 6) is -2.85. The molecule has 43 heavy (non-hydrogen) atoms. The molecule has 3 aromatic carbocycles. The van der Waals surface area contributed by atoms with Crippen LogP contribution in [0.4, 0.5) is 14.5 Å². The normalized spacial score (nSPS) is 17.7. The topological polar surface area (TPSA) is 69.5 Å². The minimum Gasteiger partial charge on any atom is -0.403 e. The molecule has 10 heteroatoms. The van der Waals surface area contributed by atoms with Crippen molar-refractivity contribution in [1.82, 2.24) is 14.8 Å². The molecule has 1 aliphatic heterocycles. The van der Waals surface area contributed by atoms with Gasteiger partial charge in [-0.3, -0.25) is 4.79 Å². The highest BCUT2D eigenvalue weighted by Gasteiger charge is 2.50. The van der Waals surface area contributed by atoms with Crippen molar-refractivity contribution < 1.29 is 22.7 Å². The molecule has 0 bridgehead atoms. The molecule has 0 amide bonds. The lowest BCUT2D eigenvalue weighted by Crippen LogP contribution is -2.66. The van der Waals surface area contributed by atoms with Gasteiger partial charge in [-0.15, -0.1) is 0 Å². The molecule has 0 unspecified atom stereocenters. The Hall–Kier alpha value is -3.73. The third-order valence-corrected chi connectivity index (χ3v) is 12.9. The predicted octanol–water partition coefficient (Wildman–Crippen LogP) is 5.13. The second kappa shape index (κ2) is 12.5. The summed E-state index contributed by atoms with van der Waals surface area (Å²) in [5.41, 5.74) is 0.178. The van der Waals surface area contributed by atoms with E-state index in [0.717, 1.165) is 10.4 Å². The number of carbonyl (C=O) groups excluding carboxylic acids is 1. The van der Waals surface area contributed by atoms with Crippen LogP contribution >= 0.6 is 0 Å². The molecule has 5 rings (SSSR count). The first-order valence-corrected chi connectivity index (χ1v) is 16.4. The zero-order chi connectivity index (χ0) is 30.8. The fourth-order valence-electron chi connectivity index (χ4n) is 6.18. The Balaban J connectivity index is 1.65. The molecular weight excluding hydrogens is 566 g/mol. The first-order valence-electron chi connectivity index (χ1n) is 14.5. The van der Waals surface area contributed by atoms with Gasteiger partial charge in [0.2, 0.25) is 0 Å². The summed E-state index contributed by atoms with van der Waals surface area (Å²) < 4.78 is 46.3. The number of nitrogens with zero attached hydrogens (tertiary/aromatic N) is 4. The van der Waals surface area contributed by atoms with E-state index in [1.807, 2.05) is 55.1 Å². The third-order valence-electron chi connectivity index (χ3n) is 7.93. The van der Waals surface area contributed by atoms with E-state index in [2.05, 4.69) is 55.1 Å². The molecule has 0 radical (unpaired) electrons. The summed E-state index contributed by atoms with van der Waals surface area (Å²) in [6.07, 6.45) is 2.27. The Morgan fingerprint density at radius 3 is 2.07 bits per heavy atom. The second-order valence-corrected chi connectivity index (χ2v) is 16.5. The van der Waals surface area contributed by atoms with Crippen molar-refractivity contribution in [3.05, 3.63) is 102 Å². The van der Waals surface area contributed by atoms with Crippen molar-refractivity contribution in [2.75, 3.05) is 18.0 Å². The van der Waals surface area contributed by atoms with E-state index in [-0.39, 0.29) is 41.6 Å². The number of ether oxygens (including phenoxy) is 1. The zero-order valence-electron chi connectivity index (χ0n) is 25.3. The molecule has 1 aromatic heterocycles. The molecule has 226 valence electrons. The molecule has 2 atom stereocenters. The average Bonchev–Trinajstić information content (AvgIpc) is 3.48. The molecule has 1 aliphatic rings. The average molecular weight is 605 g/mol. The number of ketones is 1. The molecule has 0 aliphatic carbocycles. The number of carbonyl (C=O) groups is 1. The molecule has 4 aromatic rings. The van der Waals surface area contributed by atoms with E-state index >= 15 is 8.78 Å². The molecule has 1 fully saturated rings. The van der Waals surface area contributed by atoms with Crippen LogP contribution in [0.2, 0.25) is 5.04 Å². The Bertz CT molecular complexity index is 1500. The quantitative estimate of drug-likeness (QED) is 0.195. The second-order valence-electron chi connectivity index (χ2n) is 12.2. The molecular formula is C33H38F2N4O3Si. The van der Waals surface area contributed by atoms with Crippen molar-refractivity contribution in [3.63, 3.8) is 0 Å². The van der Waals surface area contributed by atoms with Gasteiger partial charge >= 0.3 is 0 Å². The van der Waals surface area contributed by atoms with E-state index in [9.17, 15) is 4.79 Å². The van der Waals surface area contributed by atoms with Gasteiger partial charge in [-0.2, -0.15) is 5.10 Å². The van der Waals surface area contributed by atoms with E-state index in [0.29, 0.717) is 18.7 Å². The summed E-state index contributed by atoms with van der Waals surface area (Å²) in [6, 6.07) is 21.7. The maximum atomic E-state index is 16.2. The highest BCUT2D eigenvalue weighted by atomic mass is 28.4. The van der Waals surface area contributed by atoms with Gasteiger partial charge in [-0.05, 0) is 35.3 Å². The number of halogens is 2. The van der Waals surface area contributed by atoms with Crippen molar-refractivity contribution >= 4 is 30.2 Å². The van der Waals surface area contributed by atoms with Gasteiger partial charge in [-0.1, -0.05) is 81.4 Å². The van der Waals surface area contributed by atoms with Gasteiger partial charge in [-0.25, -0.2) is 18.4 Å². The third kappa shape index (κ3) is 6.18. The van der Waals surface area contributed by atoms with Crippen LogP contribution in [-0.4, -0.2) is 54.2 Å². The first-order chi connectivity index (χ1) is 20.5. The van der Waals surface area contributed by atoms with Gasteiger partial charge < -0.3 is 14.1 Å². The maximum Gasteiger partial charge on any atom is 0.261 e. The van der Waals surface area contributed by atoms with Crippen molar-refractivity contribution in [3.8, 4) is 0 Å². The first kappa shape index (κ1) is 30.7. The SMILES string of the molecule is C[C@@H]1CN(c2c(CO[Si](c3ccccc3)(c3ccccc3)C(C)(C)C)cc(C(=O)Cn3cncn3)c(F)c2F)C[C@H](C)O1. The summed E-state index contributed by atoms with van der Waals surface area (Å²) in [4.78, 5) is 18.9. The Morgan fingerprint density at radius 2 is 1.56 bits per heavy atom. The van der Waals surface area contributed by atoms with Gasteiger partial charge in [0.05, 0.1) is 30.1 Å². The number of anilines is 1. The molecule has 2 heterocycles. The Morgan fingerprint density at radius 1 is 0.977 bits per heavy atom. The number of hydrogen-bond donors (Lipinski definition) is 0. The highest BCUT2D eigenvalue weighted by molar-refractivity contribution is 6.99. The fourth-order valence-corrected chi connectivity index (χ4v) is 10.7. The summed E-state index contributed by atoms with van der Waals surface area (Å²) in [6.45, 7) is 10.7. The molecule has 0 saturated carbocycles. The summed E-state index contributed by atoms with van der Waals surface area (Å²) >= 11 is 0. The zero-order valence-corrected chi connectivity index (χ0v) is 26.3. The number of aromatic nitrogens is 3. The maximum absolute atomic E-state index is 16.2. The van der Waals surface area contributed by atoms with Crippen LogP contribution in [0.5, 0.6) is 0 Å². The van der Waals surface area contributed by atoms with Gasteiger partial charge in [0, 0.05) is 18.7 Å². The summed E-state index contributed by atoms with van der Waals surface area (Å²) in [5, 5.41) is 5.75. The lowest BCUT2D eigenvalue weighted by molar-refractivity contribution is -0.00553. The molecule has 0 spiro atoms. The molecule has 0 N–H and O–H groups in total. The van der Waals surface area contributed by atoms with Crippen molar-refractivity contribution in [2.45, 2.75) is 65.0 Å². The van der Waals surface area contributed by atoms with Gasteiger partial charge in [0.25, 0.3) is 8.32 Å². The van der Waals surface area contributed by atoms with E-state index in [1.54, 1.807) is 0 Å². The van der Waals surface area contributed by atoms with E-state index in [1.165, 1.54) is 23.4 Å². The molecule has 1 saturated heterocycles. The smallest absolute Gasteiger partial charge is 0.261 e. The van der Waals surface area contributed by atoms with Crippen molar-refractivity contribution in [2.24, 2.45) is 0 Å². The van der Waals surface area contributed by atoms with Gasteiger partial charge in [0.1, 0.15) is 19.2 Å². The van der Waals surface area contributed by atoms with Gasteiger partial charge in [0.15, 0.2) is 17.4 Å².